The molecule has 0 aliphatic heterocycles. The lowest BCUT2D eigenvalue weighted by molar-refractivity contribution is -0.137. The molecular weight excluding hydrogens is 462 g/mol. The first-order valence-electron chi connectivity index (χ1n) is 12.5. The number of hydrogen-bond donors (Lipinski definition) is 0. The molecule has 0 N–H and O–H groups in total. The predicted octanol–water partition coefficient (Wildman–Crippen LogP) is 7.73. The fraction of sp³-hybridized carbons (Fsp3) is 0.290. The fourth-order valence-corrected chi connectivity index (χ4v) is 8.66. The van der Waals surface area contributed by atoms with Crippen molar-refractivity contribution in [3.63, 3.8) is 0 Å². The van der Waals surface area contributed by atoms with Crippen molar-refractivity contribution < 1.29 is 14.0 Å². The van der Waals surface area contributed by atoms with Crippen molar-refractivity contribution in [1.29, 1.82) is 5.26 Å². The lowest BCUT2D eigenvalue weighted by Crippen LogP contribution is -2.50. The zero-order valence-corrected chi connectivity index (χ0v) is 22.8. The molecule has 0 bridgehead atoms. The number of carbonyl (C=O) groups is 1. The van der Waals surface area contributed by atoms with Crippen LogP contribution in [-0.2, 0) is 15.6 Å². The van der Waals surface area contributed by atoms with Crippen molar-refractivity contribution in [3.05, 3.63) is 95.6 Å². The summed E-state index contributed by atoms with van der Waals surface area (Å²) >= 11 is 0. The Hall–Kier alpha value is -3.62. The van der Waals surface area contributed by atoms with Crippen LogP contribution in [0.25, 0.3) is 17.2 Å². The van der Waals surface area contributed by atoms with Gasteiger partial charge in [0.15, 0.2) is 0 Å². The first kappa shape index (κ1) is 27.0. The van der Waals surface area contributed by atoms with E-state index in [4.69, 9.17) is 9.16 Å². The quantitative estimate of drug-likeness (QED) is 0.163. The lowest BCUT2D eigenvalue weighted by atomic mass is 10.00. The van der Waals surface area contributed by atoms with Crippen LogP contribution in [0.15, 0.2) is 78.9 Å². The third-order valence-corrected chi connectivity index (χ3v) is 12.1. The van der Waals surface area contributed by atoms with Crippen LogP contribution in [0.5, 0.6) is 5.75 Å². The van der Waals surface area contributed by atoms with E-state index in [0.717, 1.165) is 28.5 Å². The maximum absolute atomic E-state index is 11.6. The van der Waals surface area contributed by atoms with Crippen molar-refractivity contribution in [2.24, 2.45) is 0 Å². The molecule has 0 fully saturated rings. The Morgan fingerprint density at radius 2 is 1.58 bits per heavy atom. The van der Waals surface area contributed by atoms with Gasteiger partial charge in [-0.15, -0.1) is 0 Å². The molecule has 5 heteroatoms. The van der Waals surface area contributed by atoms with Crippen molar-refractivity contribution >= 4 is 20.4 Å². The Balaban J connectivity index is 1.82. The summed E-state index contributed by atoms with van der Waals surface area (Å²) in [5.74, 6) is 0.517. The van der Waals surface area contributed by atoms with E-state index in [1.165, 1.54) is 11.6 Å². The number of carbonyl (C=O) groups excluding carboxylic acids is 1. The highest BCUT2D eigenvalue weighted by Gasteiger charge is 2.44. The summed E-state index contributed by atoms with van der Waals surface area (Å²) in [6.07, 6.45) is 3.20. The minimum absolute atomic E-state index is 0.342. The summed E-state index contributed by atoms with van der Waals surface area (Å²) in [5.41, 5.74) is 5.66. The summed E-state index contributed by atoms with van der Waals surface area (Å²) in [6, 6.07) is 27.3. The van der Waals surface area contributed by atoms with E-state index in [1.54, 1.807) is 13.0 Å². The Morgan fingerprint density at radius 3 is 2.17 bits per heavy atom. The Labute approximate surface area is 216 Å². The number of nitriles is 1. The van der Waals surface area contributed by atoms with E-state index >= 15 is 0 Å². The fourth-order valence-electron chi connectivity index (χ4n) is 4.52. The smallest absolute Gasteiger partial charge is 0.330 e. The van der Waals surface area contributed by atoms with Crippen LogP contribution in [-0.4, -0.2) is 20.9 Å². The normalized spacial score (nSPS) is 11.6. The van der Waals surface area contributed by atoms with Crippen molar-refractivity contribution in [2.75, 3.05) is 6.61 Å². The maximum Gasteiger partial charge on any atom is 0.330 e. The van der Waals surface area contributed by atoms with Crippen LogP contribution in [0.3, 0.4) is 0 Å². The van der Waals surface area contributed by atoms with Gasteiger partial charge in [0.1, 0.15) is 5.75 Å². The molecule has 0 saturated heterocycles. The zero-order chi connectivity index (χ0) is 26.1. The molecule has 3 aromatic rings. The highest BCUT2D eigenvalue weighted by atomic mass is 28.4. The molecule has 0 spiro atoms. The molecule has 0 radical (unpaired) electrons. The molecule has 0 aliphatic rings. The summed E-state index contributed by atoms with van der Waals surface area (Å²) in [4.78, 5) is 11.6. The molecule has 4 nitrogen and oxygen atoms in total. The van der Waals surface area contributed by atoms with Gasteiger partial charge in [-0.25, -0.2) is 4.79 Å². The number of rotatable bonds is 10. The van der Waals surface area contributed by atoms with Gasteiger partial charge >= 0.3 is 5.97 Å². The van der Waals surface area contributed by atoms with Crippen LogP contribution in [0, 0.1) is 11.3 Å². The second kappa shape index (κ2) is 12.4. The summed E-state index contributed by atoms with van der Waals surface area (Å²) in [6.45, 7) is 11.2. The molecular formula is C31H35NO3Si. The lowest BCUT2D eigenvalue weighted by Gasteiger charge is -2.39. The summed E-state index contributed by atoms with van der Waals surface area (Å²) < 4.78 is 11.8. The number of esters is 1. The van der Waals surface area contributed by atoms with Crippen LogP contribution in [0.4, 0.5) is 0 Å². The van der Waals surface area contributed by atoms with Crippen LogP contribution in [0.2, 0.25) is 11.1 Å². The average molecular weight is 498 g/mol. The summed E-state index contributed by atoms with van der Waals surface area (Å²) in [7, 11) is -2.26. The maximum atomic E-state index is 11.6. The van der Waals surface area contributed by atoms with E-state index in [0.29, 0.717) is 23.3 Å². The van der Waals surface area contributed by atoms with Crippen molar-refractivity contribution in [2.45, 2.75) is 51.7 Å². The van der Waals surface area contributed by atoms with Gasteiger partial charge in [0, 0.05) is 12.1 Å². The van der Waals surface area contributed by atoms with Gasteiger partial charge in [0.05, 0.1) is 18.2 Å². The predicted molar refractivity (Wildman–Crippen MR) is 149 cm³/mol. The Bertz CT molecular complexity index is 1210. The molecule has 3 aromatic carbocycles. The molecule has 0 unspecified atom stereocenters. The molecule has 0 heterocycles. The first-order chi connectivity index (χ1) is 17.3. The monoisotopic (exact) mass is 497 g/mol. The first-order valence-corrected chi connectivity index (χ1v) is 14.8. The van der Waals surface area contributed by atoms with E-state index in [-0.39, 0.29) is 5.97 Å². The minimum Gasteiger partial charge on any atom is -0.543 e. The molecule has 3 rings (SSSR count). The van der Waals surface area contributed by atoms with Gasteiger partial charge < -0.3 is 9.16 Å². The van der Waals surface area contributed by atoms with Crippen LogP contribution < -0.4 is 4.43 Å². The number of hydrogen-bond acceptors (Lipinski definition) is 4. The number of ether oxygens (including phenoxy) is 1. The molecule has 0 aromatic heterocycles. The average Bonchev–Trinajstić information content (AvgIpc) is 2.88. The van der Waals surface area contributed by atoms with Crippen LogP contribution in [0.1, 0.15) is 51.3 Å². The topological polar surface area (TPSA) is 59.3 Å². The van der Waals surface area contributed by atoms with Gasteiger partial charge in [-0.1, -0.05) is 82.3 Å². The largest absolute Gasteiger partial charge is 0.543 e. The van der Waals surface area contributed by atoms with E-state index in [2.05, 4.69) is 58.0 Å². The highest BCUT2D eigenvalue weighted by Crippen LogP contribution is 2.38. The van der Waals surface area contributed by atoms with E-state index in [9.17, 15) is 10.1 Å². The number of nitrogens with zero attached hydrogens (tertiary/aromatic N) is 1. The SMILES string of the molecule is CCOC(=O)/C=C/c1ccc(O[Si](Cc2ccc(-c3ccccc3C#N)cc2)(C(C)C)C(C)C)cc1. The van der Waals surface area contributed by atoms with Gasteiger partial charge in [-0.3, -0.25) is 0 Å². The third kappa shape index (κ3) is 6.53. The molecule has 0 aliphatic carbocycles. The van der Waals surface area contributed by atoms with Crippen LogP contribution >= 0.6 is 0 Å². The second-order valence-corrected chi connectivity index (χ2v) is 14.3. The van der Waals surface area contributed by atoms with E-state index < -0.39 is 8.32 Å². The van der Waals surface area contributed by atoms with Crippen molar-refractivity contribution in [1.82, 2.24) is 0 Å². The molecule has 186 valence electrons. The van der Waals surface area contributed by atoms with E-state index in [1.807, 2.05) is 48.5 Å². The third-order valence-electron chi connectivity index (χ3n) is 6.63. The van der Waals surface area contributed by atoms with Gasteiger partial charge in [0.25, 0.3) is 8.32 Å². The molecule has 36 heavy (non-hydrogen) atoms. The molecule has 0 atom stereocenters. The summed E-state index contributed by atoms with van der Waals surface area (Å²) in [5, 5.41) is 9.46. The van der Waals surface area contributed by atoms with Gasteiger partial charge in [0.2, 0.25) is 0 Å². The zero-order valence-electron chi connectivity index (χ0n) is 21.8. The Kier molecular flexibility index (Phi) is 9.27. The standard InChI is InChI=1S/C31H35NO3Si/c1-6-34-31(33)20-15-25-13-18-29(19-14-25)35-36(23(2)3,24(4)5)22-26-11-16-27(17-12-26)30-10-8-7-9-28(30)21-32/h7-20,23-24H,6,22H2,1-5H3/b20-15+. The van der Waals surface area contributed by atoms with Gasteiger partial charge in [-0.05, 0) is 64.5 Å². The number of benzene rings is 3. The Morgan fingerprint density at radius 1 is 0.944 bits per heavy atom. The van der Waals surface area contributed by atoms with Crippen molar-refractivity contribution in [3.8, 4) is 22.9 Å². The highest BCUT2D eigenvalue weighted by molar-refractivity contribution is 6.76. The second-order valence-electron chi connectivity index (χ2n) is 9.55. The minimum atomic E-state index is -2.26. The molecule has 0 amide bonds. The molecule has 0 saturated carbocycles. The van der Waals surface area contributed by atoms with Gasteiger partial charge in [-0.2, -0.15) is 5.26 Å².